The molecule has 0 aromatic carbocycles. The second-order valence-corrected chi connectivity index (χ2v) is 12.4. The van der Waals surface area contributed by atoms with E-state index in [4.69, 9.17) is 4.74 Å². The highest BCUT2D eigenvalue weighted by molar-refractivity contribution is 5.34. The van der Waals surface area contributed by atoms with Gasteiger partial charge in [-0.1, -0.05) is 64.8 Å². The molecule has 2 fully saturated rings. The third-order valence-electron chi connectivity index (χ3n) is 10.8. The Morgan fingerprint density at radius 1 is 0.933 bits per heavy atom. The maximum absolute atomic E-state index is 5.78. The predicted octanol–water partition coefficient (Wildman–Crippen LogP) is 8.21. The second-order valence-electron chi connectivity index (χ2n) is 12.4. The molecule has 30 heavy (non-hydrogen) atoms. The maximum Gasteiger partial charge on any atom is 0.0574 e. The Hall–Kier alpha value is -0.560. The summed E-state index contributed by atoms with van der Waals surface area (Å²) in [4.78, 5) is 0. The summed E-state index contributed by atoms with van der Waals surface area (Å²) < 4.78 is 5.78. The fourth-order valence-corrected chi connectivity index (χ4v) is 8.25. The van der Waals surface area contributed by atoms with Gasteiger partial charge in [-0.2, -0.15) is 0 Å². The lowest BCUT2D eigenvalue weighted by atomic mass is 9.50. The van der Waals surface area contributed by atoms with E-state index in [1.165, 1.54) is 57.8 Å². The molecule has 4 aliphatic rings. The van der Waals surface area contributed by atoms with Crippen molar-refractivity contribution in [3.05, 3.63) is 23.3 Å². The van der Waals surface area contributed by atoms with Crippen LogP contribution < -0.4 is 0 Å². The van der Waals surface area contributed by atoms with Crippen molar-refractivity contribution in [2.75, 3.05) is 7.11 Å². The van der Waals surface area contributed by atoms with Crippen LogP contribution in [0.1, 0.15) is 99.3 Å². The van der Waals surface area contributed by atoms with Crippen molar-refractivity contribution in [1.82, 2.24) is 0 Å². The van der Waals surface area contributed by atoms with E-state index < -0.39 is 0 Å². The van der Waals surface area contributed by atoms with Crippen LogP contribution in [0.3, 0.4) is 0 Å². The molecular formula is C29H48O. The van der Waals surface area contributed by atoms with Crippen molar-refractivity contribution in [3.8, 4) is 0 Å². The van der Waals surface area contributed by atoms with Crippen molar-refractivity contribution in [2.24, 2.45) is 46.3 Å². The lowest BCUT2D eigenvalue weighted by molar-refractivity contribution is -0.00885. The lowest BCUT2D eigenvalue weighted by Gasteiger charge is -2.55. The fraction of sp³-hybridized carbons (Fsp3) is 0.862. The largest absolute Gasteiger partial charge is 0.381 e. The summed E-state index contributed by atoms with van der Waals surface area (Å²) in [5, 5.41) is 0. The van der Waals surface area contributed by atoms with E-state index in [2.05, 4.69) is 53.7 Å². The average molecular weight is 413 g/mol. The molecule has 0 N–H and O–H groups in total. The van der Waals surface area contributed by atoms with Gasteiger partial charge in [-0.05, 0) is 104 Å². The molecule has 0 radical (unpaired) electrons. The number of rotatable bonds is 5. The Balaban J connectivity index is 1.55. The van der Waals surface area contributed by atoms with Gasteiger partial charge in [-0.15, -0.1) is 0 Å². The summed E-state index contributed by atoms with van der Waals surface area (Å²) in [5.41, 5.74) is 4.86. The monoisotopic (exact) mass is 412 g/mol. The standard InChI is InChI=1S/C29H48O/c1-19(2)20(3)8-9-21(4)25-12-13-26-24-11-10-22-18-23(30-7)14-16-28(22,5)27(24)15-17-29(25,26)6/h8-9,19-23,25-26H,10-18H2,1-7H3/b9-8+/t20-,21+,22-,23?,25?,26?,28?,29?/m0/s1. The average Bonchev–Trinajstić information content (AvgIpc) is 3.08. The molecule has 1 heteroatoms. The molecule has 0 amide bonds. The molecule has 0 aromatic rings. The number of hydrogen-bond acceptors (Lipinski definition) is 1. The zero-order valence-electron chi connectivity index (χ0n) is 21.0. The van der Waals surface area contributed by atoms with Crippen LogP contribution in [0.5, 0.6) is 0 Å². The van der Waals surface area contributed by atoms with E-state index in [-0.39, 0.29) is 0 Å². The van der Waals surface area contributed by atoms with Gasteiger partial charge in [0.15, 0.2) is 0 Å². The molecule has 4 aliphatic carbocycles. The molecule has 5 unspecified atom stereocenters. The summed E-state index contributed by atoms with van der Waals surface area (Å²) in [6.07, 6.45) is 18.0. The van der Waals surface area contributed by atoms with E-state index >= 15 is 0 Å². The number of hydrogen-bond donors (Lipinski definition) is 0. The fourth-order valence-electron chi connectivity index (χ4n) is 8.25. The number of methoxy groups -OCH3 is 1. The zero-order valence-corrected chi connectivity index (χ0v) is 21.0. The van der Waals surface area contributed by atoms with Crippen LogP contribution in [0.2, 0.25) is 0 Å². The number of ether oxygens (including phenoxy) is 1. The van der Waals surface area contributed by atoms with Gasteiger partial charge in [0, 0.05) is 7.11 Å². The summed E-state index contributed by atoms with van der Waals surface area (Å²) >= 11 is 0. The topological polar surface area (TPSA) is 9.23 Å². The molecule has 8 atom stereocenters. The minimum Gasteiger partial charge on any atom is -0.381 e. The van der Waals surface area contributed by atoms with Crippen molar-refractivity contribution in [1.29, 1.82) is 0 Å². The first-order valence-electron chi connectivity index (χ1n) is 13.1. The van der Waals surface area contributed by atoms with Crippen LogP contribution in [0.15, 0.2) is 23.3 Å². The van der Waals surface area contributed by atoms with Crippen LogP contribution >= 0.6 is 0 Å². The Kier molecular flexibility index (Phi) is 6.35. The maximum atomic E-state index is 5.78. The van der Waals surface area contributed by atoms with Crippen LogP contribution in [-0.2, 0) is 4.74 Å². The summed E-state index contributed by atoms with van der Waals surface area (Å²) in [6, 6.07) is 0. The van der Waals surface area contributed by atoms with Crippen LogP contribution in [0, 0.1) is 46.3 Å². The normalized spacial score (nSPS) is 43.5. The highest BCUT2D eigenvalue weighted by atomic mass is 16.5. The van der Waals surface area contributed by atoms with Gasteiger partial charge in [0.1, 0.15) is 0 Å². The first-order chi connectivity index (χ1) is 14.2. The Morgan fingerprint density at radius 2 is 1.70 bits per heavy atom. The third kappa shape index (κ3) is 3.66. The smallest absolute Gasteiger partial charge is 0.0574 e. The lowest BCUT2D eigenvalue weighted by Crippen LogP contribution is -2.45. The minimum atomic E-state index is 0.472. The van der Waals surface area contributed by atoms with Gasteiger partial charge < -0.3 is 4.74 Å². The Morgan fingerprint density at radius 3 is 2.40 bits per heavy atom. The van der Waals surface area contributed by atoms with E-state index in [1.807, 2.05) is 18.3 Å². The van der Waals surface area contributed by atoms with Gasteiger partial charge in [0.2, 0.25) is 0 Å². The predicted molar refractivity (Wildman–Crippen MR) is 128 cm³/mol. The van der Waals surface area contributed by atoms with Crippen molar-refractivity contribution < 1.29 is 4.74 Å². The number of fused-ring (bicyclic) bond motifs is 4. The summed E-state index contributed by atoms with van der Waals surface area (Å²) in [7, 11) is 1.92. The number of allylic oxidation sites excluding steroid dienone is 4. The molecular weight excluding hydrogens is 364 g/mol. The van der Waals surface area contributed by atoms with Crippen LogP contribution in [-0.4, -0.2) is 13.2 Å². The summed E-state index contributed by atoms with van der Waals surface area (Å²) in [5.74, 6) is 4.73. The molecule has 4 rings (SSSR count). The van der Waals surface area contributed by atoms with Gasteiger partial charge in [0.05, 0.1) is 6.10 Å². The molecule has 0 heterocycles. The SMILES string of the molecule is COC1CCC2(C)C3=C(CC[C@H]2C1)C1CCC([C@H](C)/C=C/[C@H](C)C(C)C)C1(C)CC3. The van der Waals surface area contributed by atoms with Crippen LogP contribution in [0.4, 0.5) is 0 Å². The van der Waals surface area contributed by atoms with Gasteiger partial charge in [-0.3, -0.25) is 0 Å². The van der Waals surface area contributed by atoms with Gasteiger partial charge in [0.25, 0.3) is 0 Å². The molecule has 0 aromatic heterocycles. The van der Waals surface area contributed by atoms with E-state index in [0.717, 1.165) is 23.7 Å². The molecule has 2 saturated carbocycles. The first kappa shape index (κ1) is 22.6. The Bertz CT molecular complexity index is 686. The summed E-state index contributed by atoms with van der Waals surface area (Å²) in [6.45, 7) is 14.9. The molecule has 0 bridgehead atoms. The molecule has 0 aliphatic heterocycles. The third-order valence-corrected chi connectivity index (χ3v) is 10.8. The van der Waals surface area contributed by atoms with Gasteiger partial charge >= 0.3 is 0 Å². The molecule has 170 valence electrons. The van der Waals surface area contributed by atoms with E-state index in [1.54, 1.807) is 0 Å². The Labute approximate surface area is 187 Å². The molecule has 0 saturated heterocycles. The molecule has 1 nitrogen and oxygen atoms in total. The van der Waals surface area contributed by atoms with E-state index in [9.17, 15) is 0 Å². The van der Waals surface area contributed by atoms with Gasteiger partial charge in [-0.25, -0.2) is 0 Å². The van der Waals surface area contributed by atoms with Crippen molar-refractivity contribution >= 4 is 0 Å². The second kappa shape index (κ2) is 8.42. The van der Waals surface area contributed by atoms with Crippen molar-refractivity contribution in [2.45, 2.75) is 105 Å². The van der Waals surface area contributed by atoms with Crippen molar-refractivity contribution in [3.63, 3.8) is 0 Å². The minimum absolute atomic E-state index is 0.472. The quantitative estimate of drug-likeness (QED) is 0.413. The highest BCUT2D eigenvalue weighted by Gasteiger charge is 2.55. The van der Waals surface area contributed by atoms with Crippen LogP contribution in [0.25, 0.3) is 0 Å². The zero-order chi connectivity index (χ0) is 21.7. The first-order valence-corrected chi connectivity index (χ1v) is 13.1. The van der Waals surface area contributed by atoms with E-state index in [0.29, 0.717) is 28.8 Å². The molecule has 0 spiro atoms. The highest BCUT2D eigenvalue weighted by Crippen LogP contribution is 2.65.